The van der Waals surface area contributed by atoms with Crippen LogP contribution in [0.3, 0.4) is 0 Å². The molecule has 0 atom stereocenters. The minimum atomic E-state index is -0.917. The van der Waals surface area contributed by atoms with Crippen molar-refractivity contribution in [2.75, 3.05) is 20.2 Å². The van der Waals surface area contributed by atoms with Crippen molar-refractivity contribution in [2.45, 2.75) is 6.42 Å². The summed E-state index contributed by atoms with van der Waals surface area (Å²) in [6.07, 6.45) is 3.62. The van der Waals surface area contributed by atoms with Gasteiger partial charge < -0.3 is 15.2 Å². The molecular formula is C13H17NO3. The standard InChI is InChI=1S/C13H17NO3/c1-17-12-5-2-4-11(10-12)7-9-14-8-3-6-13(15)16/h2-6,10,14H,7-9H2,1H3,(H,15,16)/b6-3+. The first-order valence-electron chi connectivity index (χ1n) is 5.45. The van der Waals surface area contributed by atoms with Gasteiger partial charge >= 0.3 is 5.97 Å². The van der Waals surface area contributed by atoms with Gasteiger partial charge in [-0.15, -0.1) is 0 Å². The fraction of sp³-hybridized carbons (Fsp3) is 0.308. The molecule has 0 radical (unpaired) electrons. The molecule has 0 aromatic heterocycles. The van der Waals surface area contributed by atoms with Crippen LogP contribution in [-0.4, -0.2) is 31.3 Å². The molecule has 0 fully saturated rings. The van der Waals surface area contributed by atoms with Crippen LogP contribution in [0.2, 0.25) is 0 Å². The normalized spacial score (nSPS) is 10.6. The van der Waals surface area contributed by atoms with Gasteiger partial charge in [0.05, 0.1) is 7.11 Å². The van der Waals surface area contributed by atoms with Gasteiger partial charge in [0.15, 0.2) is 0 Å². The van der Waals surface area contributed by atoms with Crippen LogP contribution < -0.4 is 10.1 Å². The van der Waals surface area contributed by atoms with Gasteiger partial charge in [-0.25, -0.2) is 4.79 Å². The Morgan fingerprint density at radius 2 is 2.35 bits per heavy atom. The number of rotatable bonds is 7. The third-order valence-electron chi connectivity index (χ3n) is 2.25. The Labute approximate surface area is 101 Å². The predicted molar refractivity (Wildman–Crippen MR) is 66.3 cm³/mol. The Hall–Kier alpha value is -1.81. The van der Waals surface area contributed by atoms with Crippen LogP contribution >= 0.6 is 0 Å². The first kappa shape index (κ1) is 13.3. The number of hydrogen-bond donors (Lipinski definition) is 2. The van der Waals surface area contributed by atoms with Crippen LogP contribution in [0.25, 0.3) is 0 Å². The van der Waals surface area contributed by atoms with Gasteiger partial charge in [0.1, 0.15) is 5.75 Å². The Kier molecular flexibility index (Phi) is 5.82. The average Bonchev–Trinajstić information content (AvgIpc) is 2.33. The number of carboxylic acids is 1. The summed E-state index contributed by atoms with van der Waals surface area (Å²) in [7, 11) is 1.65. The zero-order valence-corrected chi connectivity index (χ0v) is 9.85. The number of carbonyl (C=O) groups is 1. The molecule has 1 rings (SSSR count). The summed E-state index contributed by atoms with van der Waals surface area (Å²) in [5.74, 6) is -0.0622. The van der Waals surface area contributed by atoms with Crippen molar-refractivity contribution in [1.29, 1.82) is 0 Å². The summed E-state index contributed by atoms with van der Waals surface area (Å²) in [4.78, 5) is 10.2. The van der Waals surface area contributed by atoms with Gasteiger partial charge in [0.25, 0.3) is 0 Å². The largest absolute Gasteiger partial charge is 0.497 e. The van der Waals surface area contributed by atoms with Crippen molar-refractivity contribution in [2.24, 2.45) is 0 Å². The Morgan fingerprint density at radius 3 is 3.06 bits per heavy atom. The van der Waals surface area contributed by atoms with E-state index in [1.165, 1.54) is 5.56 Å². The highest BCUT2D eigenvalue weighted by Crippen LogP contribution is 2.12. The zero-order chi connectivity index (χ0) is 12.5. The van der Waals surface area contributed by atoms with Crippen molar-refractivity contribution < 1.29 is 14.6 Å². The lowest BCUT2D eigenvalue weighted by atomic mass is 10.1. The molecule has 0 saturated heterocycles. The summed E-state index contributed by atoms with van der Waals surface area (Å²) in [5.41, 5.74) is 1.19. The van der Waals surface area contributed by atoms with Crippen molar-refractivity contribution in [3.63, 3.8) is 0 Å². The molecule has 1 aromatic rings. The van der Waals surface area contributed by atoms with E-state index in [4.69, 9.17) is 9.84 Å². The van der Waals surface area contributed by atoms with E-state index in [-0.39, 0.29) is 0 Å². The number of hydrogen-bond acceptors (Lipinski definition) is 3. The first-order valence-corrected chi connectivity index (χ1v) is 5.45. The SMILES string of the molecule is COc1cccc(CCNC/C=C/C(=O)O)c1. The molecule has 4 nitrogen and oxygen atoms in total. The fourth-order valence-corrected chi connectivity index (χ4v) is 1.41. The molecule has 1 aromatic carbocycles. The predicted octanol–water partition coefficient (Wildman–Crippen LogP) is 1.47. The van der Waals surface area contributed by atoms with E-state index in [1.54, 1.807) is 13.2 Å². The molecule has 0 unspecified atom stereocenters. The Balaban J connectivity index is 2.24. The van der Waals surface area contributed by atoms with Crippen LogP contribution in [0.4, 0.5) is 0 Å². The van der Waals surface area contributed by atoms with Crippen LogP contribution in [0.5, 0.6) is 5.75 Å². The van der Waals surface area contributed by atoms with E-state index in [0.717, 1.165) is 24.8 Å². The third kappa shape index (κ3) is 5.73. The summed E-state index contributed by atoms with van der Waals surface area (Å²) in [5, 5.41) is 11.5. The molecule has 0 aliphatic heterocycles. The van der Waals surface area contributed by atoms with E-state index in [9.17, 15) is 4.79 Å². The monoisotopic (exact) mass is 235 g/mol. The van der Waals surface area contributed by atoms with Gasteiger partial charge in [-0.3, -0.25) is 0 Å². The number of carboxylic acid groups (broad SMARTS) is 1. The summed E-state index contributed by atoms with van der Waals surface area (Å²) >= 11 is 0. The number of methoxy groups -OCH3 is 1. The quantitative estimate of drug-likeness (QED) is 0.555. The Morgan fingerprint density at radius 1 is 1.53 bits per heavy atom. The van der Waals surface area contributed by atoms with E-state index >= 15 is 0 Å². The van der Waals surface area contributed by atoms with Crippen LogP contribution in [0.15, 0.2) is 36.4 Å². The van der Waals surface area contributed by atoms with Crippen LogP contribution in [-0.2, 0) is 11.2 Å². The molecule has 4 heteroatoms. The molecular weight excluding hydrogens is 218 g/mol. The molecule has 2 N–H and O–H groups in total. The topological polar surface area (TPSA) is 58.6 Å². The lowest BCUT2D eigenvalue weighted by Crippen LogP contribution is -2.17. The highest BCUT2D eigenvalue weighted by Gasteiger charge is 1.95. The molecule has 0 saturated carbocycles. The molecule has 0 bridgehead atoms. The lowest BCUT2D eigenvalue weighted by Gasteiger charge is -2.04. The molecule has 92 valence electrons. The van der Waals surface area contributed by atoms with Gasteiger partial charge in [-0.2, -0.15) is 0 Å². The Bertz CT molecular complexity index is 388. The summed E-state index contributed by atoms with van der Waals surface area (Å²) < 4.78 is 5.13. The third-order valence-corrected chi connectivity index (χ3v) is 2.25. The van der Waals surface area contributed by atoms with Gasteiger partial charge in [0, 0.05) is 12.6 Å². The minimum absolute atomic E-state index is 0.566. The van der Waals surface area contributed by atoms with Crippen LogP contribution in [0, 0.1) is 0 Å². The average molecular weight is 235 g/mol. The summed E-state index contributed by atoms with van der Waals surface area (Å²) in [6.45, 7) is 1.37. The molecule has 0 heterocycles. The molecule has 0 amide bonds. The second-order valence-corrected chi connectivity index (χ2v) is 3.55. The van der Waals surface area contributed by atoms with Gasteiger partial charge in [0.2, 0.25) is 0 Å². The smallest absolute Gasteiger partial charge is 0.328 e. The maximum absolute atomic E-state index is 10.2. The van der Waals surface area contributed by atoms with E-state index in [2.05, 4.69) is 5.32 Å². The minimum Gasteiger partial charge on any atom is -0.497 e. The highest BCUT2D eigenvalue weighted by atomic mass is 16.5. The summed E-state index contributed by atoms with van der Waals surface area (Å²) in [6, 6.07) is 7.90. The van der Waals surface area contributed by atoms with E-state index in [0.29, 0.717) is 6.54 Å². The maximum Gasteiger partial charge on any atom is 0.328 e. The lowest BCUT2D eigenvalue weighted by molar-refractivity contribution is -0.131. The number of nitrogens with one attached hydrogen (secondary N) is 1. The van der Waals surface area contributed by atoms with Gasteiger partial charge in [-0.05, 0) is 30.7 Å². The zero-order valence-electron chi connectivity index (χ0n) is 9.85. The van der Waals surface area contributed by atoms with Crippen molar-refractivity contribution in [1.82, 2.24) is 5.32 Å². The van der Waals surface area contributed by atoms with E-state index in [1.807, 2.05) is 24.3 Å². The van der Waals surface area contributed by atoms with Crippen LogP contribution in [0.1, 0.15) is 5.56 Å². The van der Waals surface area contributed by atoms with Crippen molar-refractivity contribution >= 4 is 5.97 Å². The molecule has 0 aliphatic carbocycles. The highest BCUT2D eigenvalue weighted by molar-refractivity contribution is 5.79. The second kappa shape index (κ2) is 7.46. The number of ether oxygens (including phenoxy) is 1. The van der Waals surface area contributed by atoms with E-state index < -0.39 is 5.97 Å². The molecule has 0 aliphatic rings. The van der Waals surface area contributed by atoms with Crippen molar-refractivity contribution in [3.05, 3.63) is 42.0 Å². The van der Waals surface area contributed by atoms with Gasteiger partial charge in [-0.1, -0.05) is 18.2 Å². The maximum atomic E-state index is 10.2. The first-order chi connectivity index (χ1) is 8.22. The molecule has 17 heavy (non-hydrogen) atoms. The second-order valence-electron chi connectivity index (χ2n) is 3.55. The fourth-order valence-electron chi connectivity index (χ4n) is 1.41. The number of aliphatic carboxylic acids is 1. The molecule has 0 spiro atoms. The van der Waals surface area contributed by atoms with Crippen molar-refractivity contribution in [3.8, 4) is 5.75 Å². The number of benzene rings is 1.